The highest BCUT2D eigenvalue weighted by molar-refractivity contribution is 8.16. The molecule has 1 aliphatic rings. The maximum Gasteiger partial charge on any atom is 0.252 e. The molecule has 1 atom stereocenters. The van der Waals surface area contributed by atoms with Crippen molar-refractivity contribution in [2.45, 2.75) is 17.0 Å². The predicted octanol–water partition coefficient (Wildman–Crippen LogP) is 4.05. The van der Waals surface area contributed by atoms with E-state index >= 15 is 0 Å². The maximum absolute atomic E-state index is 13.6. The predicted molar refractivity (Wildman–Crippen MR) is 109 cm³/mol. The Labute approximate surface area is 170 Å². The van der Waals surface area contributed by atoms with E-state index in [0.29, 0.717) is 10.1 Å². The fraction of sp³-hybridized carbons (Fsp3) is 0.300. The molecule has 2 aromatic carbocycles. The van der Waals surface area contributed by atoms with Crippen molar-refractivity contribution in [2.75, 3.05) is 18.6 Å². The van der Waals surface area contributed by atoms with Crippen molar-refractivity contribution in [2.24, 2.45) is 0 Å². The van der Waals surface area contributed by atoms with Crippen molar-refractivity contribution < 1.29 is 18.4 Å². The first-order valence-corrected chi connectivity index (χ1v) is 10.9. The van der Waals surface area contributed by atoms with Gasteiger partial charge in [0.25, 0.3) is 5.91 Å². The molecule has 2 N–H and O–H groups in total. The summed E-state index contributed by atoms with van der Waals surface area (Å²) >= 11 is 3.78. The van der Waals surface area contributed by atoms with Crippen LogP contribution in [-0.4, -0.2) is 30.4 Å². The molecule has 1 fully saturated rings. The highest BCUT2D eigenvalue weighted by Gasteiger charge is 2.24. The number of likely N-dealkylation sites (N-methyl/N-ethyl adjacent to an activating group) is 1. The minimum Gasteiger partial charge on any atom is -0.357 e. The number of nitrogens with one attached hydrogen (secondary N) is 2. The van der Waals surface area contributed by atoms with Crippen molar-refractivity contribution >= 4 is 35.3 Å². The molecule has 0 bridgehead atoms. The van der Waals surface area contributed by atoms with E-state index in [1.165, 1.54) is 19.5 Å². The zero-order valence-corrected chi connectivity index (χ0v) is 16.8. The molecule has 1 saturated heterocycles. The second kappa shape index (κ2) is 9.43. The van der Waals surface area contributed by atoms with Crippen LogP contribution < -0.4 is 10.6 Å². The normalized spacial score (nSPS) is 15.7. The van der Waals surface area contributed by atoms with Crippen molar-refractivity contribution in [1.29, 1.82) is 0 Å². The molecule has 0 saturated carbocycles. The standard InChI is InChI=1S/C20H20F2N2O2S2/c1-23-19(26)17(14-7-8-15(21)16(22)11-14)24-18(25)12-3-5-13(6-4-12)20-27-9-2-10-28-20/h3-8,11,17,20H,2,9-10H2,1H3,(H,23,26)(H,24,25). The highest BCUT2D eigenvalue weighted by atomic mass is 32.2. The summed E-state index contributed by atoms with van der Waals surface area (Å²) in [7, 11) is 1.41. The molecular formula is C20H20F2N2O2S2. The lowest BCUT2D eigenvalue weighted by atomic mass is 10.0. The average Bonchev–Trinajstić information content (AvgIpc) is 2.74. The molecular weight excluding hydrogens is 402 g/mol. The Balaban J connectivity index is 1.75. The van der Waals surface area contributed by atoms with E-state index < -0.39 is 29.5 Å². The van der Waals surface area contributed by atoms with E-state index in [9.17, 15) is 18.4 Å². The van der Waals surface area contributed by atoms with Crippen LogP contribution in [0.3, 0.4) is 0 Å². The number of benzene rings is 2. The number of hydrogen-bond acceptors (Lipinski definition) is 4. The summed E-state index contributed by atoms with van der Waals surface area (Å²) in [5.74, 6) is -0.823. The smallest absolute Gasteiger partial charge is 0.252 e. The maximum atomic E-state index is 13.6. The number of thioether (sulfide) groups is 2. The quantitative estimate of drug-likeness (QED) is 0.763. The van der Waals surface area contributed by atoms with E-state index in [2.05, 4.69) is 10.6 Å². The van der Waals surface area contributed by atoms with Gasteiger partial charge < -0.3 is 10.6 Å². The SMILES string of the molecule is CNC(=O)C(NC(=O)c1ccc(C2SCCCS2)cc1)c1ccc(F)c(F)c1. The summed E-state index contributed by atoms with van der Waals surface area (Å²) < 4.78 is 27.1. The average molecular weight is 423 g/mol. The molecule has 0 aromatic heterocycles. The van der Waals surface area contributed by atoms with E-state index in [-0.39, 0.29) is 5.56 Å². The van der Waals surface area contributed by atoms with Gasteiger partial charge in [-0.15, -0.1) is 23.5 Å². The topological polar surface area (TPSA) is 58.2 Å². The van der Waals surface area contributed by atoms with Crippen molar-refractivity contribution in [3.05, 3.63) is 70.8 Å². The first kappa shape index (κ1) is 20.7. The van der Waals surface area contributed by atoms with Crippen LogP contribution in [-0.2, 0) is 4.79 Å². The minimum absolute atomic E-state index is 0.165. The van der Waals surface area contributed by atoms with Gasteiger partial charge in [0.15, 0.2) is 11.6 Å². The van der Waals surface area contributed by atoms with Crippen molar-refractivity contribution in [3.63, 3.8) is 0 Å². The van der Waals surface area contributed by atoms with Crippen LogP contribution in [0.1, 0.15) is 38.5 Å². The number of halogens is 2. The summed E-state index contributed by atoms with van der Waals surface area (Å²) in [4.78, 5) is 24.8. The Morgan fingerprint density at radius 3 is 2.32 bits per heavy atom. The summed E-state index contributed by atoms with van der Waals surface area (Å²) in [5.41, 5.74) is 1.71. The molecule has 0 aliphatic carbocycles. The summed E-state index contributed by atoms with van der Waals surface area (Å²) in [6.07, 6.45) is 1.21. The van der Waals surface area contributed by atoms with Crippen LogP contribution in [0, 0.1) is 11.6 Å². The van der Waals surface area contributed by atoms with Gasteiger partial charge >= 0.3 is 0 Å². The number of rotatable bonds is 5. The Morgan fingerprint density at radius 1 is 1.04 bits per heavy atom. The monoisotopic (exact) mass is 422 g/mol. The van der Waals surface area contributed by atoms with E-state index in [0.717, 1.165) is 29.2 Å². The lowest BCUT2D eigenvalue weighted by molar-refractivity contribution is -0.122. The van der Waals surface area contributed by atoms with Crippen LogP contribution in [0.25, 0.3) is 0 Å². The summed E-state index contributed by atoms with van der Waals surface area (Å²) in [5, 5.41) is 5.03. The first-order valence-electron chi connectivity index (χ1n) is 8.80. The molecule has 1 unspecified atom stereocenters. The second-order valence-electron chi connectivity index (χ2n) is 6.24. The van der Waals surface area contributed by atoms with Crippen LogP contribution in [0.2, 0.25) is 0 Å². The van der Waals surface area contributed by atoms with Gasteiger partial charge in [-0.2, -0.15) is 0 Å². The lowest BCUT2D eigenvalue weighted by Gasteiger charge is -2.21. The second-order valence-corrected chi connectivity index (χ2v) is 8.97. The molecule has 0 spiro atoms. The van der Waals surface area contributed by atoms with Gasteiger partial charge in [-0.3, -0.25) is 9.59 Å². The molecule has 3 rings (SSSR count). The van der Waals surface area contributed by atoms with Crippen LogP contribution in [0.15, 0.2) is 42.5 Å². The van der Waals surface area contributed by atoms with Gasteiger partial charge in [-0.25, -0.2) is 8.78 Å². The molecule has 1 heterocycles. The van der Waals surface area contributed by atoms with Gasteiger partial charge in [0, 0.05) is 12.6 Å². The van der Waals surface area contributed by atoms with E-state index in [4.69, 9.17) is 0 Å². The zero-order chi connectivity index (χ0) is 20.1. The Bertz CT molecular complexity index is 856. The van der Waals surface area contributed by atoms with E-state index in [1.54, 1.807) is 12.1 Å². The van der Waals surface area contributed by atoms with Crippen LogP contribution >= 0.6 is 23.5 Å². The van der Waals surface area contributed by atoms with Gasteiger partial charge in [-0.1, -0.05) is 18.2 Å². The lowest BCUT2D eigenvalue weighted by Crippen LogP contribution is -2.39. The number of amides is 2. The molecule has 28 heavy (non-hydrogen) atoms. The number of carbonyl (C=O) groups is 2. The van der Waals surface area contributed by atoms with Gasteiger partial charge in [0.2, 0.25) is 5.91 Å². The Kier molecular flexibility index (Phi) is 6.96. The third-order valence-electron chi connectivity index (χ3n) is 4.33. The largest absolute Gasteiger partial charge is 0.357 e. The molecule has 8 heteroatoms. The summed E-state index contributed by atoms with van der Waals surface area (Å²) in [6.45, 7) is 0. The zero-order valence-electron chi connectivity index (χ0n) is 15.2. The third kappa shape index (κ3) is 4.86. The van der Waals surface area contributed by atoms with Crippen molar-refractivity contribution in [3.8, 4) is 0 Å². The van der Waals surface area contributed by atoms with Gasteiger partial charge in [0.1, 0.15) is 6.04 Å². The number of carbonyl (C=O) groups excluding carboxylic acids is 2. The fourth-order valence-corrected chi connectivity index (χ4v) is 5.72. The highest BCUT2D eigenvalue weighted by Crippen LogP contribution is 2.43. The fourth-order valence-electron chi connectivity index (χ4n) is 2.82. The third-order valence-corrected chi connectivity index (χ3v) is 7.35. The molecule has 2 aromatic rings. The Hall–Kier alpha value is -2.06. The van der Waals surface area contributed by atoms with Gasteiger partial charge in [0.05, 0.1) is 4.58 Å². The molecule has 1 aliphatic heterocycles. The molecule has 148 valence electrons. The Morgan fingerprint density at radius 2 is 1.71 bits per heavy atom. The van der Waals surface area contributed by atoms with Gasteiger partial charge in [-0.05, 0) is 53.3 Å². The van der Waals surface area contributed by atoms with Crippen LogP contribution in [0.5, 0.6) is 0 Å². The molecule has 4 nitrogen and oxygen atoms in total. The minimum atomic E-state index is -1.13. The van der Waals surface area contributed by atoms with Crippen LogP contribution in [0.4, 0.5) is 8.78 Å². The number of hydrogen-bond donors (Lipinski definition) is 2. The van der Waals surface area contributed by atoms with E-state index in [1.807, 2.05) is 35.7 Å². The van der Waals surface area contributed by atoms with Crippen molar-refractivity contribution in [1.82, 2.24) is 10.6 Å². The first-order chi connectivity index (χ1) is 13.5. The molecule has 2 amide bonds. The summed E-state index contributed by atoms with van der Waals surface area (Å²) in [6, 6.07) is 9.25. The molecule has 0 radical (unpaired) electrons.